The summed E-state index contributed by atoms with van der Waals surface area (Å²) >= 11 is 0. The number of hydrogen-bond acceptors (Lipinski definition) is 6. The molecule has 2 aliphatic rings. The van der Waals surface area contributed by atoms with Crippen molar-refractivity contribution in [1.29, 1.82) is 0 Å². The van der Waals surface area contributed by atoms with E-state index in [1.165, 1.54) is 9.80 Å². The lowest BCUT2D eigenvalue weighted by molar-refractivity contribution is -0.138. The largest absolute Gasteiger partial charge is 0.481 e. The topological polar surface area (TPSA) is 160 Å². The molecule has 11 nitrogen and oxygen atoms in total. The average molecular weight is 511 g/mol. The van der Waals surface area contributed by atoms with E-state index in [1.807, 2.05) is 36.4 Å². The smallest absolute Gasteiger partial charge is 0.407 e. The predicted octanol–water partition coefficient (Wildman–Crippen LogP) is 1.63. The fraction of sp³-hybridized carbons (Fsp3) is 0.423. The van der Waals surface area contributed by atoms with Crippen molar-refractivity contribution < 1.29 is 34.5 Å². The second kappa shape index (κ2) is 11.4. The van der Waals surface area contributed by atoms with E-state index in [-0.39, 0.29) is 63.2 Å². The Labute approximate surface area is 213 Å². The number of carboxylic acids is 1. The summed E-state index contributed by atoms with van der Waals surface area (Å²) in [5, 5.41) is 30.5. The summed E-state index contributed by atoms with van der Waals surface area (Å²) < 4.78 is 0. The molecule has 2 aromatic rings. The number of pyridine rings is 1. The number of piperazine rings is 1. The van der Waals surface area contributed by atoms with Crippen LogP contribution in [-0.4, -0.2) is 92.8 Å². The van der Waals surface area contributed by atoms with Gasteiger partial charge in [-0.2, -0.15) is 0 Å². The highest BCUT2D eigenvalue weighted by Gasteiger charge is 2.38. The first-order valence-electron chi connectivity index (χ1n) is 12.2. The van der Waals surface area contributed by atoms with Crippen molar-refractivity contribution >= 4 is 23.9 Å². The van der Waals surface area contributed by atoms with Crippen LogP contribution in [0.3, 0.4) is 0 Å². The van der Waals surface area contributed by atoms with Gasteiger partial charge < -0.3 is 30.4 Å². The highest BCUT2D eigenvalue weighted by molar-refractivity contribution is 5.97. The van der Waals surface area contributed by atoms with Crippen LogP contribution in [0.15, 0.2) is 42.5 Å². The Kier molecular flexibility index (Phi) is 8.02. The maximum Gasteiger partial charge on any atom is 0.407 e. The maximum absolute atomic E-state index is 13.3. The SMILES string of the molecule is O=C(O)CC[C@H](NC(=O)c1cc(C2CC2CO)cc(-c2ccccc2)n1)C(=O)N1CCN(C(=O)O)CC1. The summed E-state index contributed by atoms with van der Waals surface area (Å²) in [5.74, 6) is -1.93. The summed E-state index contributed by atoms with van der Waals surface area (Å²) in [7, 11) is 0. The second-order valence-electron chi connectivity index (χ2n) is 9.38. The predicted molar refractivity (Wildman–Crippen MR) is 132 cm³/mol. The first kappa shape index (κ1) is 26.1. The van der Waals surface area contributed by atoms with Gasteiger partial charge in [0.05, 0.1) is 5.69 Å². The summed E-state index contributed by atoms with van der Waals surface area (Å²) in [6, 6.07) is 11.8. The molecular formula is C26H30N4O7. The zero-order chi connectivity index (χ0) is 26.5. The number of aliphatic hydroxyl groups excluding tert-OH is 1. The van der Waals surface area contributed by atoms with E-state index in [0.29, 0.717) is 5.69 Å². The summed E-state index contributed by atoms with van der Waals surface area (Å²) in [5.41, 5.74) is 2.37. The molecule has 0 radical (unpaired) electrons. The van der Waals surface area contributed by atoms with Crippen molar-refractivity contribution in [2.45, 2.75) is 31.2 Å². The van der Waals surface area contributed by atoms with E-state index < -0.39 is 29.9 Å². The first-order valence-corrected chi connectivity index (χ1v) is 12.2. The van der Waals surface area contributed by atoms with Gasteiger partial charge in [-0.3, -0.25) is 14.4 Å². The number of nitrogens with one attached hydrogen (secondary N) is 1. The molecule has 3 atom stereocenters. The minimum Gasteiger partial charge on any atom is -0.481 e. The zero-order valence-electron chi connectivity index (χ0n) is 20.2. The van der Waals surface area contributed by atoms with E-state index in [2.05, 4.69) is 10.3 Å². The van der Waals surface area contributed by atoms with Gasteiger partial charge in [0.2, 0.25) is 5.91 Å². The number of aliphatic hydroxyl groups is 1. The number of carbonyl (C=O) groups is 4. The molecule has 1 aliphatic heterocycles. The molecule has 1 aliphatic carbocycles. The molecular weight excluding hydrogens is 480 g/mol. The lowest BCUT2D eigenvalue weighted by Crippen LogP contribution is -2.55. The molecule has 1 aromatic carbocycles. The number of rotatable bonds is 9. The fourth-order valence-corrected chi connectivity index (χ4v) is 4.59. The van der Waals surface area contributed by atoms with Crippen molar-refractivity contribution in [3.8, 4) is 11.3 Å². The minimum absolute atomic E-state index is 0.0517. The number of carboxylic acid groups (broad SMARTS) is 2. The number of carbonyl (C=O) groups excluding carboxylic acids is 2. The number of aromatic nitrogens is 1. The molecule has 1 saturated carbocycles. The molecule has 1 saturated heterocycles. The van der Waals surface area contributed by atoms with Crippen LogP contribution >= 0.6 is 0 Å². The van der Waals surface area contributed by atoms with Gasteiger partial charge in [-0.1, -0.05) is 30.3 Å². The van der Waals surface area contributed by atoms with Crippen LogP contribution in [0, 0.1) is 5.92 Å². The standard InChI is InChI=1S/C26H30N4O7/c31-15-18-12-19(18)17-13-21(16-4-2-1-3-5-16)27-22(14-17)24(34)28-20(6-7-23(32)33)25(35)29-8-10-30(11-9-29)26(36)37/h1-5,13-14,18-20,31H,6-12,15H2,(H,28,34)(H,32,33)(H,36,37)/t18?,19?,20-/m0/s1. The van der Waals surface area contributed by atoms with Crippen molar-refractivity contribution in [3.63, 3.8) is 0 Å². The van der Waals surface area contributed by atoms with Crippen molar-refractivity contribution in [2.24, 2.45) is 5.92 Å². The van der Waals surface area contributed by atoms with Gasteiger partial charge in [0.1, 0.15) is 11.7 Å². The number of hydrogen-bond donors (Lipinski definition) is 4. The van der Waals surface area contributed by atoms with Gasteiger partial charge in [0.15, 0.2) is 0 Å². The highest BCUT2D eigenvalue weighted by Crippen LogP contribution is 2.47. The molecule has 0 bridgehead atoms. The minimum atomic E-state index is -1.10. The lowest BCUT2D eigenvalue weighted by atomic mass is 10.0. The lowest BCUT2D eigenvalue weighted by Gasteiger charge is -2.35. The molecule has 4 rings (SSSR count). The third-order valence-corrected chi connectivity index (χ3v) is 6.85. The normalized spacial score (nSPS) is 19.7. The third kappa shape index (κ3) is 6.42. The summed E-state index contributed by atoms with van der Waals surface area (Å²) in [6.07, 6.45) is -0.700. The highest BCUT2D eigenvalue weighted by atomic mass is 16.4. The molecule has 2 fully saturated rings. The van der Waals surface area contributed by atoms with Gasteiger partial charge in [-0.05, 0) is 42.4 Å². The molecule has 4 N–H and O–H groups in total. The van der Waals surface area contributed by atoms with Crippen LogP contribution in [-0.2, 0) is 9.59 Å². The first-order chi connectivity index (χ1) is 17.8. The molecule has 2 unspecified atom stereocenters. The van der Waals surface area contributed by atoms with E-state index in [0.717, 1.165) is 17.5 Å². The summed E-state index contributed by atoms with van der Waals surface area (Å²) in [4.78, 5) is 56.1. The second-order valence-corrected chi connectivity index (χ2v) is 9.38. The van der Waals surface area contributed by atoms with Gasteiger partial charge in [-0.25, -0.2) is 9.78 Å². The molecule has 2 heterocycles. The van der Waals surface area contributed by atoms with Crippen molar-refractivity contribution in [2.75, 3.05) is 32.8 Å². The Morgan fingerprint density at radius 1 is 1.00 bits per heavy atom. The molecule has 11 heteroatoms. The maximum atomic E-state index is 13.3. The molecule has 0 spiro atoms. The third-order valence-electron chi connectivity index (χ3n) is 6.85. The van der Waals surface area contributed by atoms with Crippen LogP contribution in [0.4, 0.5) is 4.79 Å². The van der Waals surface area contributed by atoms with Gasteiger partial charge in [0.25, 0.3) is 5.91 Å². The van der Waals surface area contributed by atoms with Gasteiger partial charge >= 0.3 is 12.1 Å². The molecule has 3 amide bonds. The molecule has 37 heavy (non-hydrogen) atoms. The van der Waals surface area contributed by atoms with E-state index in [1.54, 1.807) is 6.07 Å². The van der Waals surface area contributed by atoms with E-state index >= 15 is 0 Å². The number of aliphatic carboxylic acids is 1. The Bertz CT molecular complexity index is 1160. The molecule has 1 aromatic heterocycles. The number of amides is 3. The number of nitrogens with zero attached hydrogens (tertiary/aromatic N) is 3. The van der Waals surface area contributed by atoms with Crippen LogP contribution < -0.4 is 5.32 Å². The van der Waals surface area contributed by atoms with Gasteiger partial charge in [0, 0.05) is 44.8 Å². The van der Waals surface area contributed by atoms with E-state index in [4.69, 9.17) is 5.11 Å². The Hall–Kier alpha value is -3.99. The van der Waals surface area contributed by atoms with Crippen LogP contribution in [0.5, 0.6) is 0 Å². The number of benzene rings is 1. The Morgan fingerprint density at radius 3 is 2.27 bits per heavy atom. The summed E-state index contributed by atoms with van der Waals surface area (Å²) in [6.45, 7) is 0.633. The van der Waals surface area contributed by atoms with Crippen molar-refractivity contribution in [3.05, 3.63) is 53.7 Å². The quantitative estimate of drug-likeness (QED) is 0.396. The fourth-order valence-electron chi connectivity index (χ4n) is 4.59. The zero-order valence-corrected chi connectivity index (χ0v) is 20.2. The van der Waals surface area contributed by atoms with Crippen LogP contribution in [0.1, 0.15) is 41.2 Å². The van der Waals surface area contributed by atoms with Crippen molar-refractivity contribution in [1.82, 2.24) is 20.1 Å². The Morgan fingerprint density at radius 2 is 1.68 bits per heavy atom. The monoisotopic (exact) mass is 510 g/mol. The van der Waals surface area contributed by atoms with Crippen LogP contribution in [0.2, 0.25) is 0 Å². The average Bonchev–Trinajstić information content (AvgIpc) is 3.71. The van der Waals surface area contributed by atoms with Gasteiger partial charge in [-0.15, -0.1) is 0 Å². The Balaban J connectivity index is 1.56. The van der Waals surface area contributed by atoms with Crippen LogP contribution in [0.25, 0.3) is 11.3 Å². The van der Waals surface area contributed by atoms with E-state index in [9.17, 15) is 29.4 Å². The molecule has 196 valence electrons.